The molecule has 0 amide bonds. The van der Waals surface area contributed by atoms with Gasteiger partial charge in [0.2, 0.25) is 10.0 Å². The summed E-state index contributed by atoms with van der Waals surface area (Å²) in [7, 11) is -3.55. The van der Waals surface area contributed by atoms with Crippen LogP contribution in [0.2, 0.25) is 0 Å². The van der Waals surface area contributed by atoms with Crippen molar-refractivity contribution >= 4 is 32.2 Å². The molecule has 8 heteroatoms. The lowest BCUT2D eigenvalue weighted by atomic mass is 10.1. The van der Waals surface area contributed by atoms with E-state index in [1.807, 2.05) is 30.3 Å². The van der Waals surface area contributed by atoms with Crippen molar-refractivity contribution in [2.24, 2.45) is 0 Å². The monoisotopic (exact) mass is 398 g/mol. The molecule has 144 valence electrons. The average Bonchev–Trinajstić information content (AvgIpc) is 2.73. The fraction of sp³-hybridized carbons (Fsp3) is 0.200. The first-order chi connectivity index (χ1) is 13.4. The summed E-state index contributed by atoms with van der Waals surface area (Å²) in [6.45, 7) is 2.04. The lowest BCUT2D eigenvalue weighted by molar-refractivity contribution is -0.837. The Morgan fingerprint density at radius 2 is 1.54 bits per heavy atom. The van der Waals surface area contributed by atoms with Crippen molar-refractivity contribution in [3.05, 3.63) is 76.8 Å². The van der Waals surface area contributed by atoms with E-state index in [4.69, 9.17) is 0 Å². The molecule has 0 bridgehead atoms. The predicted molar refractivity (Wildman–Crippen MR) is 106 cm³/mol. The molecule has 7 nitrogen and oxygen atoms in total. The van der Waals surface area contributed by atoms with E-state index in [0.29, 0.717) is 31.1 Å². The highest BCUT2D eigenvalue weighted by Crippen LogP contribution is 2.22. The number of nitro benzene ring substituents is 1. The number of nitro groups is 1. The Morgan fingerprint density at radius 1 is 0.893 bits per heavy atom. The summed E-state index contributed by atoms with van der Waals surface area (Å²) in [5.74, 6) is 0. The van der Waals surface area contributed by atoms with Crippen LogP contribution in [0, 0.1) is 10.1 Å². The number of sulfonamides is 1. The van der Waals surface area contributed by atoms with Gasteiger partial charge in [0.25, 0.3) is 5.69 Å². The highest BCUT2D eigenvalue weighted by Gasteiger charge is 2.31. The van der Waals surface area contributed by atoms with Crippen molar-refractivity contribution in [2.45, 2.75) is 4.90 Å². The van der Waals surface area contributed by atoms with Gasteiger partial charge < -0.3 is 4.90 Å². The van der Waals surface area contributed by atoms with Gasteiger partial charge in [0.05, 0.1) is 36.0 Å². The number of rotatable bonds is 4. The van der Waals surface area contributed by atoms with Crippen molar-refractivity contribution in [2.75, 3.05) is 26.2 Å². The van der Waals surface area contributed by atoms with Crippen LogP contribution in [0.5, 0.6) is 0 Å². The van der Waals surface area contributed by atoms with Gasteiger partial charge in [-0.05, 0) is 22.9 Å². The first-order valence-corrected chi connectivity index (χ1v) is 10.5. The van der Waals surface area contributed by atoms with Crippen LogP contribution in [0.4, 0.5) is 11.4 Å². The minimum atomic E-state index is -3.55. The summed E-state index contributed by atoms with van der Waals surface area (Å²) in [6.07, 6.45) is 0. The summed E-state index contributed by atoms with van der Waals surface area (Å²) in [6, 6.07) is 19.3. The quantitative estimate of drug-likeness (QED) is 0.538. The third-order valence-electron chi connectivity index (χ3n) is 5.17. The molecule has 0 atom stereocenters. The minimum Gasteiger partial charge on any atom is -0.300 e. The number of piperazine rings is 1. The van der Waals surface area contributed by atoms with Crippen LogP contribution >= 0.6 is 0 Å². The number of quaternary nitrogens is 1. The molecular formula is C20H20N3O4S+. The van der Waals surface area contributed by atoms with Gasteiger partial charge in [0.15, 0.2) is 0 Å². The van der Waals surface area contributed by atoms with E-state index in [1.54, 1.807) is 24.3 Å². The molecule has 1 aliphatic heterocycles. The summed E-state index contributed by atoms with van der Waals surface area (Å²) < 4.78 is 27.6. The van der Waals surface area contributed by atoms with E-state index in [-0.39, 0.29) is 5.69 Å². The van der Waals surface area contributed by atoms with Crippen LogP contribution in [0.3, 0.4) is 0 Å². The van der Waals surface area contributed by atoms with E-state index in [9.17, 15) is 18.5 Å². The third kappa shape index (κ3) is 3.49. The molecule has 3 aromatic carbocycles. The zero-order chi connectivity index (χ0) is 19.7. The number of nitrogens with zero attached hydrogens (tertiary/aromatic N) is 2. The smallest absolute Gasteiger partial charge is 0.269 e. The lowest BCUT2D eigenvalue weighted by Crippen LogP contribution is -3.10. The molecule has 0 aromatic heterocycles. The van der Waals surface area contributed by atoms with Gasteiger partial charge >= 0.3 is 0 Å². The summed E-state index contributed by atoms with van der Waals surface area (Å²) in [5.41, 5.74) is 0.994. The zero-order valence-corrected chi connectivity index (χ0v) is 15.9. The molecule has 0 unspecified atom stereocenters. The molecule has 4 rings (SSSR count). The minimum absolute atomic E-state index is 0.0562. The Balaban J connectivity index is 1.49. The van der Waals surface area contributed by atoms with Gasteiger partial charge in [0, 0.05) is 24.3 Å². The molecule has 0 aliphatic carbocycles. The summed E-state index contributed by atoms with van der Waals surface area (Å²) in [5, 5.41) is 12.7. The van der Waals surface area contributed by atoms with Crippen LogP contribution < -0.4 is 4.90 Å². The molecule has 1 aliphatic rings. The van der Waals surface area contributed by atoms with Gasteiger partial charge in [-0.15, -0.1) is 0 Å². The number of hydrogen-bond acceptors (Lipinski definition) is 4. The van der Waals surface area contributed by atoms with Crippen molar-refractivity contribution in [1.29, 1.82) is 0 Å². The van der Waals surface area contributed by atoms with Gasteiger partial charge in [-0.1, -0.05) is 30.3 Å². The second kappa shape index (κ2) is 7.31. The SMILES string of the molecule is O=[N+]([O-])c1ccc([NH+]2CCN(S(=O)(=O)c3ccc4ccccc4c3)CC2)cc1. The Morgan fingerprint density at radius 3 is 2.18 bits per heavy atom. The Kier molecular flexibility index (Phi) is 4.84. The number of non-ortho nitro benzene ring substituents is 1. The molecular weight excluding hydrogens is 378 g/mol. The highest BCUT2D eigenvalue weighted by molar-refractivity contribution is 7.89. The average molecular weight is 398 g/mol. The van der Waals surface area contributed by atoms with Crippen molar-refractivity contribution in [1.82, 2.24) is 4.31 Å². The van der Waals surface area contributed by atoms with E-state index < -0.39 is 14.9 Å². The van der Waals surface area contributed by atoms with Gasteiger partial charge in [-0.25, -0.2) is 8.42 Å². The standard InChI is InChI=1S/C20H19N3O4S/c24-23(25)19-8-6-18(7-9-19)21-11-13-22(14-12-21)28(26,27)20-10-5-16-3-1-2-4-17(16)15-20/h1-10,15H,11-14H2/p+1. The molecule has 1 saturated heterocycles. The van der Waals surface area contributed by atoms with Crippen LogP contribution in [-0.2, 0) is 10.0 Å². The van der Waals surface area contributed by atoms with E-state index >= 15 is 0 Å². The largest absolute Gasteiger partial charge is 0.300 e. The molecule has 0 radical (unpaired) electrons. The second-order valence-electron chi connectivity index (χ2n) is 6.82. The van der Waals surface area contributed by atoms with Crippen LogP contribution in [0.1, 0.15) is 0 Å². The number of nitrogens with one attached hydrogen (secondary N) is 1. The number of hydrogen-bond donors (Lipinski definition) is 1. The normalized spacial score (nSPS) is 16.3. The van der Waals surface area contributed by atoms with Crippen molar-refractivity contribution < 1.29 is 18.2 Å². The second-order valence-corrected chi connectivity index (χ2v) is 8.76. The molecule has 1 N–H and O–H groups in total. The van der Waals surface area contributed by atoms with Gasteiger partial charge in [0.1, 0.15) is 5.69 Å². The molecule has 0 saturated carbocycles. The molecule has 1 fully saturated rings. The van der Waals surface area contributed by atoms with E-state index in [2.05, 4.69) is 0 Å². The maximum atomic E-state index is 13.0. The van der Waals surface area contributed by atoms with Crippen molar-refractivity contribution in [3.63, 3.8) is 0 Å². The Hall–Kier alpha value is -2.81. The highest BCUT2D eigenvalue weighted by atomic mass is 32.2. The number of fused-ring (bicyclic) bond motifs is 1. The maximum absolute atomic E-state index is 13.0. The van der Waals surface area contributed by atoms with Crippen LogP contribution in [-0.4, -0.2) is 43.8 Å². The summed E-state index contributed by atoms with van der Waals surface area (Å²) >= 11 is 0. The van der Waals surface area contributed by atoms with E-state index in [1.165, 1.54) is 16.4 Å². The first-order valence-electron chi connectivity index (χ1n) is 9.04. The topological polar surface area (TPSA) is 85.0 Å². The fourth-order valence-electron chi connectivity index (χ4n) is 3.58. The summed E-state index contributed by atoms with van der Waals surface area (Å²) in [4.78, 5) is 11.8. The third-order valence-corrected chi connectivity index (χ3v) is 7.07. The Labute approximate surface area is 163 Å². The predicted octanol–water partition coefficient (Wildman–Crippen LogP) is 1.97. The van der Waals surface area contributed by atoms with Crippen LogP contribution in [0.15, 0.2) is 71.6 Å². The fourth-order valence-corrected chi connectivity index (χ4v) is 5.06. The molecule has 0 spiro atoms. The van der Waals surface area contributed by atoms with E-state index in [0.717, 1.165) is 21.4 Å². The lowest BCUT2D eigenvalue weighted by Gasteiger charge is -2.31. The zero-order valence-electron chi connectivity index (χ0n) is 15.1. The maximum Gasteiger partial charge on any atom is 0.269 e. The molecule has 1 heterocycles. The van der Waals surface area contributed by atoms with Crippen LogP contribution in [0.25, 0.3) is 10.8 Å². The first kappa shape index (κ1) is 18.5. The Bertz CT molecular complexity index is 1120. The van der Waals surface area contributed by atoms with Gasteiger partial charge in [-0.3, -0.25) is 10.1 Å². The number of benzene rings is 3. The van der Waals surface area contributed by atoms with Crippen molar-refractivity contribution in [3.8, 4) is 0 Å². The molecule has 28 heavy (non-hydrogen) atoms. The van der Waals surface area contributed by atoms with Gasteiger partial charge in [-0.2, -0.15) is 4.31 Å². The molecule has 3 aromatic rings.